The van der Waals surface area contributed by atoms with Crippen molar-refractivity contribution in [2.75, 3.05) is 19.4 Å². The van der Waals surface area contributed by atoms with Crippen LogP contribution in [0, 0.1) is 17.4 Å². The van der Waals surface area contributed by atoms with E-state index >= 15 is 0 Å². The van der Waals surface area contributed by atoms with Crippen molar-refractivity contribution in [2.45, 2.75) is 32.9 Å². The van der Waals surface area contributed by atoms with E-state index in [-0.39, 0.29) is 17.9 Å². The molecule has 0 radical (unpaired) electrons. The summed E-state index contributed by atoms with van der Waals surface area (Å²) >= 11 is 0. The summed E-state index contributed by atoms with van der Waals surface area (Å²) in [6, 6.07) is 7.37. The van der Waals surface area contributed by atoms with Crippen molar-refractivity contribution >= 4 is 17.6 Å². The van der Waals surface area contributed by atoms with E-state index in [2.05, 4.69) is 17.2 Å². The van der Waals surface area contributed by atoms with Crippen molar-refractivity contribution in [3.05, 3.63) is 29.8 Å². The summed E-state index contributed by atoms with van der Waals surface area (Å²) < 4.78 is 0. The predicted octanol–water partition coefficient (Wildman–Crippen LogP) is 2.25. The highest BCUT2D eigenvalue weighted by atomic mass is 16.2. The first-order valence-electron chi connectivity index (χ1n) is 7.79. The number of carbonyl (C=O) groups excluding carboxylic acids is 1. The molecule has 1 aliphatic rings. The lowest BCUT2D eigenvalue weighted by molar-refractivity contribution is -0.121. The Labute approximate surface area is 137 Å². The normalized spacial score (nSPS) is 19.3. The molecule has 1 N–H and O–H groups in total. The summed E-state index contributed by atoms with van der Waals surface area (Å²) in [4.78, 5) is 20.5. The molecule has 0 aliphatic carbocycles. The highest BCUT2D eigenvalue weighted by Gasteiger charge is 2.36. The average molecular weight is 313 g/mol. The number of carbonyl (C=O) groups is 1. The van der Waals surface area contributed by atoms with Crippen molar-refractivity contribution in [3.8, 4) is 6.19 Å². The number of para-hydroxylation sites is 1. The van der Waals surface area contributed by atoms with Crippen LogP contribution in [0.4, 0.5) is 5.69 Å². The lowest BCUT2D eigenvalue weighted by Gasteiger charge is -2.36. The minimum absolute atomic E-state index is 0.0585. The molecule has 1 aromatic carbocycles. The number of benzene rings is 1. The maximum absolute atomic E-state index is 12.8. The van der Waals surface area contributed by atoms with Crippen LogP contribution in [-0.2, 0) is 11.3 Å². The zero-order valence-corrected chi connectivity index (χ0v) is 14.1. The van der Waals surface area contributed by atoms with E-state index in [0.29, 0.717) is 12.5 Å². The minimum atomic E-state index is -0.373. The molecule has 1 heterocycles. The Morgan fingerprint density at radius 1 is 1.52 bits per heavy atom. The van der Waals surface area contributed by atoms with E-state index in [0.717, 1.165) is 17.7 Å². The summed E-state index contributed by atoms with van der Waals surface area (Å²) in [5, 5.41) is 12.1. The molecule has 1 aliphatic heterocycles. The number of hydrogen-bond acceptors (Lipinski definition) is 3. The molecule has 2 atom stereocenters. The molecule has 6 nitrogen and oxygen atoms in total. The molecule has 23 heavy (non-hydrogen) atoms. The quantitative estimate of drug-likeness (QED) is 0.516. The Hall–Kier alpha value is -2.55. The maximum Gasteiger partial charge on any atom is 0.247 e. The van der Waals surface area contributed by atoms with E-state index in [1.165, 1.54) is 0 Å². The van der Waals surface area contributed by atoms with Gasteiger partial charge in [0.15, 0.2) is 0 Å². The average Bonchev–Trinajstić information content (AvgIpc) is 2.67. The number of nitrogens with zero attached hydrogens (tertiary/aromatic N) is 4. The Balaban J connectivity index is 2.54. The molecule has 122 valence electrons. The fourth-order valence-electron chi connectivity index (χ4n) is 2.86. The largest absolute Gasteiger partial charge is 0.348 e. The molecular formula is C17H23N5O. The zero-order chi connectivity index (χ0) is 17.0. The fourth-order valence-corrected chi connectivity index (χ4v) is 2.86. The van der Waals surface area contributed by atoms with Gasteiger partial charge in [-0.3, -0.25) is 4.79 Å². The minimum Gasteiger partial charge on any atom is -0.348 e. The van der Waals surface area contributed by atoms with Gasteiger partial charge in [0.25, 0.3) is 0 Å². The summed E-state index contributed by atoms with van der Waals surface area (Å²) in [5.74, 6) is 0.578. The molecule has 0 aromatic heterocycles. The highest BCUT2D eigenvalue weighted by Crippen LogP contribution is 2.27. The highest BCUT2D eigenvalue weighted by molar-refractivity contribution is 5.99. The first-order valence-corrected chi connectivity index (χ1v) is 7.79. The van der Waals surface area contributed by atoms with Crippen LogP contribution >= 0.6 is 0 Å². The first kappa shape index (κ1) is 16.8. The van der Waals surface area contributed by atoms with Gasteiger partial charge in [-0.05, 0) is 17.5 Å². The van der Waals surface area contributed by atoms with Gasteiger partial charge in [0.2, 0.25) is 18.1 Å². The van der Waals surface area contributed by atoms with Crippen LogP contribution in [0.3, 0.4) is 0 Å². The summed E-state index contributed by atoms with van der Waals surface area (Å²) in [7, 11) is 3.66. The van der Waals surface area contributed by atoms with Crippen molar-refractivity contribution in [1.82, 2.24) is 9.80 Å². The summed E-state index contributed by atoms with van der Waals surface area (Å²) in [5.41, 5.74) is 1.84. The second kappa shape index (κ2) is 7.14. The number of rotatable bonds is 2. The lowest BCUT2D eigenvalue weighted by atomic mass is 9.97. The number of nitrogens with one attached hydrogen (secondary N) is 1. The van der Waals surface area contributed by atoms with Crippen LogP contribution in [0.2, 0.25) is 0 Å². The Bertz CT molecular complexity index is 647. The van der Waals surface area contributed by atoms with Gasteiger partial charge in [-0.15, -0.1) is 4.99 Å². The van der Waals surface area contributed by atoms with Gasteiger partial charge >= 0.3 is 0 Å². The van der Waals surface area contributed by atoms with Gasteiger partial charge in [0, 0.05) is 26.3 Å². The fraction of sp³-hybridized carbons (Fsp3) is 0.471. The van der Waals surface area contributed by atoms with Gasteiger partial charge in [0.1, 0.15) is 6.04 Å². The van der Waals surface area contributed by atoms with Gasteiger partial charge in [-0.2, -0.15) is 5.26 Å². The van der Waals surface area contributed by atoms with E-state index < -0.39 is 0 Å². The number of guanidine groups is 1. The van der Waals surface area contributed by atoms with Crippen LogP contribution in [0.15, 0.2) is 29.3 Å². The molecule has 6 heteroatoms. The van der Waals surface area contributed by atoms with Gasteiger partial charge in [0.05, 0.1) is 0 Å². The number of amides is 1. The smallest absolute Gasteiger partial charge is 0.247 e. The van der Waals surface area contributed by atoms with Gasteiger partial charge in [-0.1, -0.05) is 38.5 Å². The summed E-state index contributed by atoms with van der Waals surface area (Å²) in [6.07, 6.45) is 2.72. The molecule has 0 saturated heterocycles. The SMILES string of the molecule is CCC(C)C1C(=O)Nc2ccccc2CN1C(=NC#N)N(C)C. The van der Waals surface area contributed by atoms with Crippen molar-refractivity contribution < 1.29 is 4.79 Å². The number of anilines is 1. The van der Waals surface area contributed by atoms with Crippen LogP contribution < -0.4 is 5.32 Å². The van der Waals surface area contributed by atoms with Crippen molar-refractivity contribution in [2.24, 2.45) is 10.9 Å². The third-order valence-corrected chi connectivity index (χ3v) is 4.21. The Morgan fingerprint density at radius 2 is 2.22 bits per heavy atom. The number of aliphatic imine (C=N–C) groups is 1. The van der Waals surface area contributed by atoms with Crippen LogP contribution in [0.25, 0.3) is 0 Å². The Morgan fingerprint density at radius 3 is 2.83 bits per heavy atom. The van der Waals surface area contributed by atoms with Crippen LogP contribution in [-0.4, -0.2) is 41.8 Å². The predicted molar refractivity (Wildman–Crippen MR) is 90.6 cm³/mol. The number of hydrogen-bond donors (Lipinski definition) is 1. The van der Waals surface area contributed by atoms with Crippen molar-refractivity contribution in [3.63, 3.8) is 0 Å². The molecule has 1 amide bonds. The lowest BCUT2D eigenvalue weighted by Crippen LogP contribution is -2.52. The third-order valence-electron chi connectivity index (χ3n) is 4.21. The first-order chi connectivity index (χ1) is 11.0. The number of nitriles is 1. The Kier molecular flexibility index (Phi) is 5.22. The molecule has 0 spiro atoms. The monoisotopic (exact) mass is 313 g/mol. The molecule has 2 rings (SSSR count). The van der Waals surface area contributed by atoms with Gasteiger partial charge < -0.3 is 15.1 Å². The number of fused-ring (bicyclic) bond motifs is 1. The topological polar surface area (TPSA) is 71.7 Å². The van der Waals surface area contributed by atoms with Crippen molar-refractivity contribution in [1.29, 1.82) is 5.26 Å². The second-order valence-electron chi connectivity index (χ2n) is 6.01. The van der Waals surface area contributed by atoms with E-state index in [4.69, 9.17) is 5.26 Å². The summed E-state index contributed by atoms with van der Waals surface area (Å²) in [6.45, 7) is 4.64. The molecule has 0 bridgehead atoms. The molecule has 0 saturated carbocycles. The molecule has 2 unspecified atom stereocenters. The molecule has 0 fully saturated rings. The standard InChI is InChI=1S/C17H23N5O/c1-5-12(2)15-16(23)20-14-9-7-6-8-13(14)10-22(15)17(19-11-18)21(3)4/h6-9,12,15H,5,10H2,1-4H3,(H,20,23). The van der Waals surface area contributed by atoms with E-state index in [9.17, 15) is 4.79 Å². The molecule has 1 aromatic rings. The van der Waals surface area contributed by atoms with E-state index in [1.54, 1.807) is 4.90 Å². The third kappa shape index (κ3) is 3.45. The van der Waals surface area contributed by atoms with Crippen LogP contribution in [0.5, 0.6) is 0 Å². The zero-order valence-electron chi connectivity index (χ0n) is 14.1. The van der Waals surface area contributed by atoms with E-state index in [1.807, 2.05) is 56.4 Å². The molecular weight excluding hydrogens is 290 g/mol. The van der Waals surface area contributed by atoms with Gasteiger partial charge in [-0.25, -0.2) is 0 Å². The van der Waals surface area contributed by atoms with Crippen LogP contribution in [0.1, 0.15) is 25.8 Å². The maximum atomic E-state index is 12.8. The second-order valence-corrected chi connectivity index (χ2v) is 6.01.